The third-order valence-corrected chi connectivity index (χ3v) is 3.12. The van der Waals surface area contributed by atoms with E-state index in [9.17, 15) is 0 Å². The van der Waals surface area contributed by atoms with Crippen LogP contribution in [0.4, 0.5) is 11.4 Å². The van der Waals surface area contributed by atoms with Gasteiger partial charge < -0.3 is 11.5 Å². The second-order valence-electron chi connectivity index (χ2n) is 4.60. The fourth-order valence-corrected chi connectivity index (χ4v) is 1.99. The number of carbonyl (C=O) groups excluding carboxylic acids is 1. The lowest BCUT2D eigenvalue weighted by atomic mass is 9.97. The van der Waals surface area contributed by atoms with Crippen LogP contribution in [0.2, 0.25) is 0 Å². The number of allylic oxidation sites excluding steroid dienone is 1. The Labute approximate surface area is 131 Å². The van der Waals surface area contributed by atoms with Crippen LogP contribution in [0, 0.1) is 5.41 Å². The zero-order valence-corrected chi connectivity index (χ0v) is 12.7. The number of nitrogens with one attached hydrogen (secondary N) is 1. The van der Waals surface area contributed by atoms with E-state index >= 15 is 0 Å². The highest BCUT2D eigenvalue weighted by molar-refractivity contribution is 6.14. The molecule has 0 unspecified atom stereocenters. The van der Waals surface area contributed by atoms with Crippen LogP contribution in [0.3, 0.4) is 0 Å². The van der Waals surface area contributed by atoms with E-state index in [1.807, 2.05) is 36.4 Å². The van der Waals surface area contributed by atoms with Crippen molar-refractivity contribution in [2.24, 2.45) is 0 Å². The Morgan fingerprint density at radius 1 is 1.23 bits per heavy atom. The maximum Gasteiger partial charge on any atom is 0.142 e. The lowest BCUT2D eigenvalue weighted by Crippen LogP contribution is -2.07. The smallest absolute Gasteiger partial charge is 0.142 e. The summed E-state index contributed by atoms with van der Waals surface area (Å²) >= 11 is 0. The summed E-state index contributed by atoms with van der Waals surface area (Å²) in [6, 6.07) is 13.1. The van der Waals surface area contributed by atoms with Crippen LogP contribution < -0.4 is 11.5 Å². The molecule has 2 rings (SSSR count). The number of nitrogens with two attached hydrogens (primary N) is 2. The zero-order chi connectivity index (χ0) is 16.5. The highest BCUT2D eigenvalue weighted by Crippen LogP contribution is 2.22. The van der Waals surface area contributed by atoms with Gasteiger partial charge in [0.15, 0.2) is 0 Å². The number of aryl methyl sites for hydroxylation is 1. The summed E-state index contributed by atoms with van der Waals surface area (Å²) in [7, 11) is 0. The molecule has 0 aromatic heterocycles. The van der Waals surface area contributed by atoms with E-state index in [0.717, 1.165) is 23.1 Å². The number of hydrogen-bond donors (Lipinski definition) is 3. The van der Waals surface area contributed by atoms with Crippen molar-refractivity contribution in [3.63, 3.8) is 0 Å². The minimum absolute atomic E-state index is 0.412. The summed E-state index contributed by atoms with van der Waals surface area (Å²) in [5, 5.41) is 8.24. The van der Waals surface area contributed by atoms with Crippen LogP contribution in [-0.4, -0.2) is 12.0 Å². The van der Waals surface area contributed by atoms with Crippen molar-refractivity contribution in [2.45, 2.75) is 13.3 Å². The molecule has 0 saturated carbocycles. The summed E-state index contributed by atoms with van der Waals surface area (Å²) < 4.78 is 0. The summed E-state index contributed by atoms with van der Waals surface area (Å²) in [6.45, 7) is 5.17. The van der Waals surface area contributed by atoms with E-state index in [2.05, 4.69) is 13.5 Å². The van der Waals surface area contributed by atoms with Gasteiger partial charge in [0.05, 0.1) is 5.71 Å². The van der Waals surface area contributed by atoms with E-state index in [4.69, 9.17) is 21.7 Å². The molecule has 0 bridgehead atoms. The normalized spacial score (nSPS) is 9.32. The monoisotopic (exact) mass is 295 g/mol. The van der Waals surface area contributed by atoms with Gasteiger partial charge >= 0.3 is 0 Å². The molecule has 0 spiro atoms. The summed E-state index contributed by atoms with van der Waals surface area (Å²) in [5.41, 5.74) is 16.2. The molecule has 0 aliphatic rings. The Morgan fingerprint density at radius 3 is 2.41 bits per heavy atom. The predicted molar refractivity (Wildman–Crippen MR) is 93.3 cm³/mol. The Balaban J connectivity index is 0.000000541. The lowest BCUT2D eigenvalue weighted by Gasteiger charge is -2.11. The van der Waals surface area contributed by atoms with E-state index in [1.165, 1.54) is 6.08 Å². The standard InChI is InChI=1S/C15H17N3.C3H4O/c1-2-10-5-4-8-13(14(10)17)15(18)11-6-3-7-12(16)9-11;1-2-3-4/h3-9,18H,2,16-17H2,1H3;2-3H,1H2. The molecule has 0 radical (unpaired) electrons. The molecule has 0 heterocycles. The number of aldehydes is 1. The van der Waals surface area contributed by atoms with E-state index in [0.29, 0.717) is 23.4 Å². The number of carbonyl (C=O) groups is 1. The minimum atomic E-state index is 0.412. The summed E-state index contributed by atoms with van der Waals surface area (Å²) in [4.78, 5) is 9.06. The van der Waals surface area contributed by atoms with Gasteiger partial charge in [0.25, 0.3) is 0 Å². The van der Waals surface area contributed by atoms with E-state index in [1.54, 1.807) is 6.07 Å². The number of para-hydroxylation sites is 1. The maximum atomic E-state index is 9.06. The molecule has 2 aromatic rings. The molecule has 0 fully saturated rings. The highest BCUT2D eigenvalue weighted by Gasteiger charge is 2.10. The first-order valence-electron chi connectivity index (χ1n) is 6.93. The molecular formula is C18H21N3O. The number of rotatable bonds is 4. The van der Waals surface area contributed by atoms with Gasteiger partial charge in [-0.15, -0.1) is 0 Å². The molecule has 0 atom stereocenters. The van der Waals surface area contributed by atoms with Crippen molar-refractivity contribution >= 4 is 23.4 Å². The summed E-state index contributed by atoms with van der Waals surface area (Å²) in [6.07, 6.45) is 2.70. The number of anilines is 2. The molecular weight excluding hydrogens is 274 g/mol. The zero-order valence-electron chi connectivity index (χ0n) is 12.7. The highest BCUT2D eigenvalue weighted by atomic mass is 16.1. The van der Waals surface area contributed by atoms with Crippen molar-refractivity contribution in [1.82, 2.24) is 0 Å². The van der Waals surface area contributed by atoms with Gasteiger partial charge in [0, 0.05) is 22.5 Å². The molecule has 0 amide bonds. The van der Waals surface area contributed by atoms with Crippen LogP contribution in [-0.2, 0) is 11.2 Å². The molecule has 0 aliphatic carbocycles. The first-order chi connectivity index (χ1) is 10.5. The second-order valence-corrected chi connectivity index (χ2v) is 4.60. The van der Waals surface area contributed by atoms with Crippen molar-refractivity contribution in [1.29, 1.82) is 5.41 Å². The van der Waals surface area contributed by atoms with Crippen LogP contribution in [0.5, 0.6) is 0 Å². The minimum Gasteiger partial charge on any atom is -0.399 e. The van der Waals surface area contributed by atoms with Gasteiger partial charge in [-0.25, -0.2) is 0 Å². The SMILES string of the molecule is C=CC=O.CCc1cccc(C(=N)c2cccc(N)c2)c1N. The molecule has 0 aliphatic heterocycles. The van der Waals surface area contributed by atoms with Crippen molar-refractivity contribution in [2.75, 3.05) is 11.5 Å². The van der Waals surface area contributed by atoms with Gasteiger partial charge in [0.1, 0.15) is 6.29 Å². The van der Waals surface area contributed by atoms with E-state index < -0.39 is 0 Å². The molecule has 4 nitrogen and oxygen atoms in total. The third-order valence-electron chi connectivity index (χ3n) is 3.12. The molecule has 114 valence electrons. The van der Waals surface area contributed by atoms with Crippen molar-refractivity contribution < 1.29 is 4.79 Å². The maximum absolute atomic E-state index is 9.06. The van der Waals surface area contributed by atoms with Crippen molar-refractivity contribution in [3.05, 3.63) is 71.8 Å². The quantitative estimate of drug-likeness (QED) is 0.350. The molecule has 5 N–H and O–H groups in total. The average Bonchev–Trinajstić information content (AvgIpc) is 2.54. The largest absolute Gasteiger partial charge is 0.399 e. The Kier molecular flexibility index (Phi) is 6.57. The first-order valence-corrected chi connectivity index (χ1v) is 6.93. The van der Waals surface area contributed by atoms with E-state index in [-0.39, 0.29) is 0 Å². The van der Waals surface area contributed by atoms with Gasteiger partial charge in [-0.05, 0) is 30.2 Å². The number of nitrogen functional groups attached to an aromatic ring is 2. The fourth-order valence-electron chi connectivity index (χ4n) is 1.99. The van der Waals surface area contributed by atoms with Crippen LogP contribution >= 0.6 is 0 Å². The van der Waals surface area contributed by atoms with Crippen LogP contribution in [0.15, 0.2) is 55.1 Å². The molecule has 4 heteroatoms. The predicted octanol–water partition coefficient (Wildman–Crippen LogP) is 3.20. The second kappa shape index (κ2) is 8.42. The van der Waals surface area contributed by atoms with Crippen LogP contribution in [0.1, 0.15) is 23.6 Å². The Bertz CT molecular complexity index is 672. The van der Waals surface area contributed by atoms with Crippen molar-refractivity contribution in [3.8, 4) is 0 Å². The molecule has 2 aromatic carbocycles. The first kappa shape index (κ1) is 17.2. The van der Waals surface area contributed by atoms with Gasteiger partial charge in [-0.1, -0.05) is 43.8 Å². The summed E-state index contributed by atoms with van der Waals surface area (Å²) in [5.74, 6) is 0. The Hall–Kier alpha value is -2.88. The van der Waals surface area contributed by atoms with Crippen LogP contribution in [0.25, 0.3) is 0 Å². The third kappa shape index (κ3) is 4.31. The van der Waals surface area contributed by atoms with Gasteiger partial charge in [-0.3, -0.25) is 10.2 Å². The van der Waals surface area contributed by atoms with Gasteiger partial charge in [0.2, 0.25) is 0 Å². The fraction of sp³-hybridized carbons (Fsp3) is 0.111. The lowest BCUT2D eigenvalue weighted by molar-refractivity contribution is -0.104. The number of hydrogen-bond acceptors (Lipinski definition) is 4. The average molecular weight is 295 g/mol. The van der Waals surface area contributed by atoms with Gasteiger partial charge in [-0.2, -0.15) is 0 Å². The molecule has 0 saturated heterocycles. The number of benzene rings is 2. The Morgan fingerprint density at radius 2 is 1.86 bits per heavy atom. The molecule has 22 heavy (non-hydrogen) atoms. The topological polar surface area (TPSA) is 93.0 Å².